The van der Waals surface area contributed by atoms with E-state index in [1.54, 1.807) is 24.3 Å². The lowest BCUT2D eigenvalue weighted by atomic mass is 9.91. The van der Waals surface area contributed by atoms with Gasteiger partial charge in [0, 0.05) is 6.04 Å². The number of aromatic carboxylic acids is 1. The van der Waals surface area contributed by atoms with E-state index in [0.29, 0.717) is 35.8 Å². The van der Waals surface area contributed by atoms with Crippen molar-refractivity contribution in [2.24, 2.45) is 11.8 Å². The van der Waals surface area contributed by atoms with Crippen LogP contribution < -0.4 is 14.8 Å². The maximum absolute atomic E-state index is 14.8. The van der Waals surface area contributed by atoms with Gasteiger partial charge in [0.25, 0.3) is 5.92 Å². The molecule has 35 heavy (non-hydrogen) atoms. The van der Waals surface area contributed by atoms with Gasteiger partial charge in [0.05, 0.1) is 23.7 Å². The highest BCUT2D eigenvalue weighted by Gasteiger charge is 2.72. The molecular weight excluding hydrogens is 460 g/mol. The van der Waals surface area contributed by atoms with E-state index in [9.17, 15) is 18.4 Å². The number of hydrogen-bond acceptors (Lipinski definition) is 5. The smallest absolute Gasteiger partial charge is 0.335 e. The van der Waals surface area contributed by atoms with Crippen LogP contribution in [-0.2, 0) is 9.53 Å². The summed E-state index contributed by atoms with van der Waals surface area (Å²) in [5.41, 5.74) is 1.35. The van der Waals surface area contributed by atoms with Gasteiger partial charge in [-0.1, -0.05) is 18.2 Å². The zero-order valence-corrected chi connectivity index (χ0v) is 18.8. The van der Waals surface area contributed by atoms with Gasteiger partial charge in [-0.05, 0) is 67.0 Å². The molecule has 2 saturated carbocycles. The number of hydrogen-bond donors (Lipinski definition) is 2. The predicted molar refractivity (Wildman–Crippen MR) is 119 cm³/mol. The summed E-state index contributed by atoms with van der Waals surface area (Å²) in [4.78, 5) is 24.2. The number of carbonyl (C=O) groups is 2. The number of alkyl halides is 2. The Bertz CT molecular complexity index is 1160. The average Bonchev–Trinajstić information content (AvgIpc) is 3.72. The molecule has 3 fully saturated rings. The van der Waals surface area contributed by atoms with Crippen LogP contribution in [-0.4, -0.2) is 41.8 Å². The Morgan fingerprint density at radius 3 is 2.40 bits per heavy atom. The standard InChI is InChI=1S/C26H25F2NO6/c27-26(28)22(16-7-8-18-21(9-16)34-12-33-18)23(26)24(30)29-17-10-19(13-1-2-13)35-20(11-17)14-3-5-15(6-4-14)25(31)32/h3-9,13,17,19-20,22-23H,1-2,10-12H2,(H,29,30)(H,31,32). The molecule has 0 radical (unpaired) electrons. The van der Waals surface area contributed by atoms with Gasteiger partial charge in [-0.15, -0.1) is 0 Å². The van der Waals surface area contributed by atoms with Crippen molar-refractivity contribution in [3.63, 3.8) is 0 Å². The molecule has 5 atom stereocenters. The predicted octanol–water partition coefficient (Wildman–Crippen LogP) is 4.28. The highest BCUT2D eigenvalue weighted by molar-refractivity contribution is 5.87. The van der Waals surface area contributed by atoms with Crippen LogP contribution in [0.3, 0.4) is 0 Å². The van der Waals surface area contributed by atoms with Crippen LogP contribution in [0.4, 0.5) is 8.78 Å². The fraction of sp³-hybridized carbons (Fsp3) is 0.462. The number of carbonyl (C=O) groups excluding carboxylic acids is 1. The molecule has 1 saturated heterocycles. The van der Waals surface area contributed by atoms with Crippen molar-refractivity contribution in [2.75, 3.05) is 6.79 Å². The third-order valence-corrected chi connectivity index (χ3v) is 7.47. The van der Waals surface area contributed by atoms with Crippen LogP contribution in [0.2, 0.25) is 0 Å². The van der Waals surface area contributed by atoms with E-state index < -0.39 is 29.6 Å². The minimum absolute atomic E-state index is 0.0515. The van der Waals surface area contributed by atoms with Gasteiger partial charge in [0.15, 0.2) is 11.5 Å². The number of benzene rings is 2. The molecule has 6 rings (SSSR count). The Morgan fingerprint density at radius 1 is 0.971 bits per heavy atom. The fourth-order valence-electron chi connectivity index (χ4n) is 5.37. The highest BCUT2D eigenvalue weighted by atomic mass is 19.3. The number of amides is 1. The van der Waals surface area contributed by atoms with E-state index in [1.165, 1.54) is 18.2 Å². The van der Waals surface area contributed by atoms with Crippen molar-refractivity contribution >= 4 is 11.9 Å². The van der Waals surface area contributed by atoms with E-state index in [2.05, 4.69) is 5.32 Å². The molecule has 1 amide bonds. The van der Waals surface area contributed by atoms with Gasteiger partial charge >= 0.3 is 5.97 Å². The summed E-state index contributed by atoms with van der Waals surface area (Å²) in [6, 6.07) is 10.9. The van der Waals surface area contributed by atoms with Crippen molar-refractivity contribution in [2.45, 2.75) is 55.8 Å². The van der Waals surface area contributed by atoms with Crippen LogP contribution in [0.25, 0.3) is 0 Å². The maximum atomic E-state index is 14.8. The average molecular weight is 485 g/mol. The quantitative estimate of drug-likeness (QED) is 0.635. The van der Waals surface area contributed by atoms with E-state index in [-0.39, 0.29) is 30.6 Å². The van der Waals surface area contributed by atoms with Gasteiger partial charge < -0.3 is 24.6 Å². The Morgan fingerprint density at radius 2 is 1.69 bits per heavy atom. The fourth-order valence-corrected chi connectivity index (χ4v) is 5.37. The Balaban J connectivity index is 1.16. The molecule has 5 unspecified atom stereocenters. The lowest BCUT2D eigenvalue weighted by Crippen LogP contribution is -2.44. The third-order valence-electron chi connectivity index (χ3n) is 7.47. The second-order valence-electron chi connectivity index (χ2n) is 9.85. The van der Waals surface area contributed by atoms with E-state index >= 15 is 0 Å². The zero-order chi connectivity index (χ0) is 24.3. The molecule has 2 aliphatic carbocycles. The third kappa shape index (κ3) is 4.11. The number of halogens is 2. The number of rotatable bonds is 6. The van der Waals surface area contributed by atoms with Crippen molar-refractivity contribution in [3.05, 3.63) is 59.2 Å². The lowest BCUT2D eigenvalue weighted by Gasteiger charge is -2.36. The molecule has 2 N–H and O–H groups in total. The van der Waals surface area contributed by atoms with Crippen molar-refractivity contribution in [1.82, 2.24) is 5.32 Å². The normalized spacial score (nSPS) is 30.5. The first-order valence-corrected chi connectivity index (χ1v) is 11.9. The van der Waals surface area contributed by atoms with Crippen molar-refractivity contribution in [1.29, 1.82) is 0 Å². The molecule has 2 aromatic carbocycles. The zero-order valence-electron chi connectivity index (χ0n) is 18.8. The van der Waals surface area contributed by atoms with Gasteiger partial charge in [-0.25, -0.2) is 13.6 Å². The monoisotopic (exact) mass is 485 g/mol. The first-order chi connectivity index (χ1) is 16.8. The highest BCUT2D eigenvalue weighted by Crippen LogP contribution is 2.62. The van der Waals surface area contributed by atoms with Crippen LogP contribution in [0.5, 0.6) is 11.5 Å². The maximum Gasteiger partial charge on any atom is 0.335 e. The van der Waals surface area contributed by atoms with Crippen LogP contribution >= 0.6 is 0 Å². The summed E-state index contributed by atoms with van der Waals surface area (Å²) in [5, 5.41) is 12.0. The SMILES string of the molecule is O=C(O)c1ccc(C2CC(NC(=O)C3C(c4ccc5c(c4)OCO5)C3(F)F)CC(C3CC3)O2)cc1. The van der Waals surface area contributed by atoms with Gasteiger partial charge in [-0.3, -0.25) is 4.79 Å². The molecule has 0 bridgehead atoms. The number of nitrogens with one attached hydrogen (secondary N) is 1. The summed E-state index contributed by atoms with van der Waals surface area (Å²) in [6.07, 6.45) is 2.70. The van der Waals surface area contributed by atoms with Gasteiger partial charge in [-0.2, -0.15) is 0 Å². The van der Waals surface area contributed by atoms with Gasteiger partial charge in [0.2, 0.25) is 12.7 Å². The molecule has 2 aliphatic heterocycles. The second kappa shape index (κ2) is 8.19. The van der Waals surface area contributed by atoms with E-state index in [0.717, 1.165) is 18.4 Å². The van der Waals surface area contributed by atoms with Crippen molar-refractivity contribution in [3.8, 4) is 11.5 Å². The summed E-state index contributed by atoms with van der Waals surface area (Å²) < 4.78 is 46.4. The molecular formula is C26H25F2NO6. The summed E-state index contributed by atoms with van der Waals surface area (Å²) in [7, 11) is 0. The Labute approximate surface area is 200 Å². The molecule has 7 nitrogen and oxygen atoms in total. The molecule has 0 spiro atoms. The number of ether oxygens (including phenoxy) is 3. The second-order valence-corrected chi connectivity index (χ2v) is 9.85. The first-order valence-electron chi connectivity index (χ1n) is 11.9. The minimum atomic E-state index is -3.13. The number of carboxylic acid groups (broad SMARTS) is 1. The lowest BCUT2D eigenvalue weighted by molar-refractivity contribution is -0.128. The molecule has 4 aliphatic rings. The summed E-state index contributed by atoms with van der Waals surface area (Å²) in [5.74, 6) is -6.10. The molecule has 0 aromatic heterocycles. The topological polar surface area (TPSA) is 94.1 Å². The van der Waals surface area contributed by atoms with Crippen molar-refractivity contribution < 1.29 is 37.7 Å². The summed E-state index contributed by atoms with van der Waals surface area (Å²) in [6.45, 7) is 0.0515. The van der Waals surface area contributed by atoms with Crippen LogP contribution in [0, 0.1) is 11.8 Å². The number of fused-ring (bicyclic) bond motifs is 1. The van der Waals surface area contributed by atoms with E-state index in [1.807, 2.05) is 0 Å². The Hall–Kier alpha value is -3.20. The summed E-state index contributed by atoms with van der Waals surface area (Å²) >= 11 is 0. The molecule has 9 heteroatoms. The first kappa shape index (κ1) is 22.3. The van der Waals surface area contributed by atoms with Gasteiger partial charge in [0.1, 0.15) is 5.92 Å². The molecule has 184 valence electrons. The Kier molecular flexibility index (Phi) is 5.21. The van der Waals surface area contributed by atoms with Crippen LogP contribution in [0.1, 0.15) is 59.2 Å². The molecule has 2 heterocycles. The largest absolute Gasteiger partial charge is 0.478 e. The molecule has 2 aromatic rings. The number of carboxylic acids is 1. The van der Waals surface area contributed by atoms with Crippen LogP contribution in [0.15, 0.2) is 42.5 Å². The minimum Gasteiger partial charge on any atom is -0.478 e. The van der Waals surface area contributed by atoms with E-state index in [4.69, 9.17) is 19.3 Å².